The molecule has 0 radical (unpaired) electrons. The molecule has 0 bridgehead atoms. The fourth-order valence-electron chi connectivity index (χ4n) is 3.54. The minimum Gasteiger partial charge on any atom is -0.338 e. The van der Waals surface area contributed by atoms with Gasteiger partial charge in [0, 0.05) is 31.7 Å². The Morgan fingerprint density at radius 2 is 1.79 bits per heavy atom. The molecule has 19 heavy (non-hydrogen) atoms. The highest BCUT2D eigenvalue weighted by Crippen LogP contribution is 2.30. The Balaban J connectivity index is 2.18. The molecule has 1 saturated carbocycles. The second kappa shape index (κ2) is 5.80. The van der Waals surface area contributed by atoms with Gasteiger partial charge in [0.2, 0.25) is 5.91 Å². The SMILES string of the molecule is CN1C(=O)C(CN)N(C2CCCCCC2)CC1(C)C. The summed E-state index contributed by atoms with van der Waals surface area (Å²) in [7, 11) is 1.91. The minimum absolute atomic E-state index is 0.0882. The predicted octanol–water partition coefficient (Wildman–Crippen LogP) is 1.59. The average molecular weight is 267 g/mol. The summed E-state index contributed by atoms with van der Waals surface area (Å²) in [6.45, 7) is 5.69. The molecular formula is C15H29N3O. The summed E-state index contributed by atoms with van der Waals surface area (Å²) in [5.74, 6) is 0.197. The van der Waals surface area contributed by atoms with Gasteiger partial charge in [-0.25, -0.2) is 0 Å². The molecule has 110 valence electrons. The first-order valence-electron chi connectivity index (χ1n) is 7.71. The Morgan fingerprint density at radius 3 is 2.32 bits per heavy atom. The molecule has 1 amide bonds. The maximum atomic E-state index is 12.5. The van der Waals surface area contributed by atoms with Gasteiger partial charge in [0.25, 0.3) is 0 Å². The Morgan fingerprint density at radius 1 is 1.21 bits per heavy atom. The lowest BCUT2D eigenvalue weighted by Gasteiger charge is -2.51. The second-order valence-corrected chi connectivity index (χ2v) is 6.78. The summed E-state index contributed by atoms with van der Waals surface area (Å²) in [4.78, 5) is 16.8. The monoisotopic (exact) mass is 267 g/mol. The first-order valence-corrected chi connectivity index (χ1v) is 7.71. The number of piperazine rings is 1. The quantitative estimate of drug-likeness (QED) is 0.773. The third-order valence-electron chi connectivity index (χ3n) is 5.01. The lowest BCUT2D eigenvalue weighted by molar-refractivity contribution is -0.151. The van der Waals surface area contributed by atoms with E-state index in [1.54, 1.807) is 0 Å². The van der Waals surface area contributed by atoms with E-state index in [1.807, 2.05) is 11.9 Å². The van der Waals surface area contributed by atoms with Crippen LogP contribution < -0.4 is 5.73 Å². The van der Waals surface area contributed by atoms with Crippen LogP contribution in [0.25, 0.3) is 0 Å². The third kappa shape index (κ3) is 2.95. The van der Waals surface area contributed by atoms with Crippen LogP contribution in [0.5, 0.6) is 0 Å². The molecule has 2 fully saturated rings. The molecule has 4 heteroatoms. The zero-order valence-electron chi connectivity index (χ0n) is 12.7. The first kappa shape index (κ1) is 14.8. The number of likely N-dealkylation sites (N-methyl/N-ethyl adjacent to an activating group) is 1. The van der Waals surface area contributed by atoms with Crippen molar-refractivity contribution in [1.82, 2.24) is 9.80 Å². The van der Waals surface area contributed by atoms with E-state index in [1.165, 1.54) is 38.5 Å². The number of nitrogens with two attached hydrogens (primary N) is 1. The van der Waals surface area contributed by atoms with Crippen LogP contribution in [-0.2, 0) is 4.79 Å². The molecule has 1 heterocycles. The van der Waals surface area contributed by atoms with Gasteiger partial charge in [-0.1, -0.05) is 25.7 Å². The van der Waals surface area contributed by atoms with Gasteiger partial charge in [0.1, 0.15) is 6.04 Å². The molecule has 0 aromatic rings. The molecular weight excluding hydrogens is 238 g/mol. The highest BCUT2D eigenvalue weighted by atomic mass is 16.2. The number of nitrogens with zero attached hydrogens (tertiary/aromatic N) is 2. The van der Waals surface area contributed by atoms with Crippen LogP contribution in [0.1, 0.15) is 52.4 Å². The summed E-state index contributed by atoms with van der Waals surface area (Å²) in [5, 5.41) is 0. The zero-order valence-corrected chi connectivity index (χ0v) is 12.7. The summed E-state index contributed by atoms with van der Waals surface area (Å²) < 4.78 is 0. The summed E-state index contributed by atoms with van der Waals surface area (Å²) in [5.41, 5.74) is 5.80. The molecule has 0 aromatic heterocycles. The highest BCUT2D eigenvalue weighted by Gasteiger charge is 2.44. The molecule has 0 spiro atoms. The summed E-state index contributed by atoms with van der Waals surface area (Å²) >= 11 is 0. The van der Waals surface area contributed by atoms with Gasteiger partial charge < -0.3 is 10.6 Å². The van der Waals surface area contributed by atoms with Crippen molar-refractivity contribution in [3.05, 3.63) is 0 Å². The highest BCUT2D eigenvalue weighted by molar-refractivity contribution is 5.83. The van der Waals surface area contributed by atoms with Crippen LogP contribution in [0.2, 0.25) is 0 Å². The molecule has 1 unspecified atom stereocenters. The number of hydrogen-bond donors (Lipinski definition) is 1. The zero-order chi connectivity index (χ0) is 14.0. The van der Waals surface area contributed by atoms with Gasteiger partial charge in [0.15, 0.2) is 0 Å². The van der Waals surface area contributed by atoms with Gasteiger partial charge in [-0.3, -0.25) is 9.69 Å². The van der Waals surface area contributed by atoms with Gasteiger partial charge in [0.05, 0.1) is 0 Å². The van der Waals surface area contributed by atoms with E-state index < -0.39 is 0 Å². The van der Waals surface area contributed by atoms with Crippen LogP contribution >= 0.6 is 0 Å². The van der Waals surface area contributed by atoms with E-state index in [2.05, 4.69) is 18.7 Å². The fourth-order valence-corrected chi connectivity index (χ4v) is 3.54. The van der Waals surface area contributed by atoms with Crippen molar-refractivity contribution in [2.75, 3.05) is 20.1 Å². The average Bonchev–Trinajstić information content (AvgIpc) is 2.64. The number of hydrogen-bond acceptors (Lipinski definition) is 3. The van der Waals surface area contributed by atoms with Crippen molar-refractivity contribution in [3.8, 4) is 0 Å². The first-order chi connectivity index (χ1) is 8.97. The molecule has 2 aliphatic rings. The van der Waals surface area contributed by atoms with Gasteiger partial charge >= 0.3 is 0 Å². The largest absolute Gasteiger partial charge is 0.338 e. The van der Waals surface area contributed by atoms with Gasteiger partial charge in [-0.05, 0) is 26.7 Å². The van der Waals surface area contributed by atoms with E-state index in [0.717, 1.165) is 6.54 Å². The second-order valence-electron chi connectivity index (χ2n) is 6.78. The normalized spacial score (nSPS) is 30.4. The fraction of sp³-hybridized carbons (Fsp3) is 0.933. The molecule has 1 aliphatic carbocycles. The van der Waals surface area contributed by atoms with Crippen LogP contribution in [0, 0.1) is 0 Å². The number of rotatable bonds is 2. The summed E-state index contributed by atoms with van der Waals surface area (Å²) in [6, 6.07) is 0.439. The maximum absolute atomic E-state index is 12.5. The van der Waals surface area contributed by atoms with Crippen molar-refractivity contribution >= 4 is 5.91 Å². The Labute approximate surface area is 117 Å². The van der Waals surface area contributed by atoms with E-state index in [4.69, 9.17) is 5.73 Å². The van der Waals surface area contributed by atoms with Gasteiger partial charge in [-0.15, -0.1) is 0 Å². The van der Waals surface area contributed by atoms with E-state index in [-0.39, 0.29) is 17.5 Å². The van der Waals surface area contributed by atoms with Crippen LogP contribution in [0.15, 0.2) is 0 Å². The molecule has 0 aromatic carbocycles. The Kier molecular flexibility index (Phi) is 4.51. The maximum Gasteiger partial charge on any atom is 0.241 e. The number of carbonyl (C=O) groups excluding carboxylic acids is 1. The van der Waals surface area contributed by atoms with Crippen molar-refractivity contribution < 1.29 is 4.79 Å². The standard InChI is InChI=1S/C15H29N3O/c1-15(2)11-18(12-8-6-4-5-7-9-12)13(10-16)14(19)17(15)3/h12-13H,4-11,16H2,1-3H3. The Bertz CT molecular complexity index is 321. The van der Waals surface area contributed by atoms with Crippen LogP contribution in [-0.4, -0.2) is 53.5 Å². The van der Waals surface area contributed by atoms with E-state index >= 15 is 0 Å². The number of amides is 1. The summed E-state index contributed by atoms with van der Waals surface area (Å²) in [6.07, 6.45) is 7.72. The molecule has 1 aliphatic heterocycles. The van der Waals surface area contributed by atoms with Gasteiger partial charge in [-0.2, -0.15) is 0 Å². The smallest absolute Gasteiger partial charge is 0.241 e. The molecule has 1 atom stereocenters. The van der Waals surface area contributed by atoms with E-state index in [9.17, 15) is 4.79 Å². The van der Waals surface area contributed by atoms with E-state index in [0.29, 0.717) is 12.6 Å². The molecule has 4 nitrogen and oxygen atoms in total. The third-order valence-corrected chi connectivity index (χ3v) is 5.01. The lowest BCUT2D eigenvalue weighted by atomic mass is 9.92. The molecule has 2 N–H and O–H groups in total. The minimum atomic E-state index is -0.110. The molecule has 1 saturated heterocycles. The van der Waals surface area contributed by atoms with Crippen molar-refractivity contribution in [1.29, 1.82) is 0 Å². The number of carbonyl (C=O) groups is 1. The van der Waals surface area contributed by atoms with Crippen molar-refractivity contribution in [2.24, 2.45) is 5.73 Å². The van der Waals surface area contributed by atoms with Crippen LogP contribution in [0.4, 0.5) is 0 Å². The predicted molar refractivity (Wildman–Crippen MR) is 77.9 cm³/mol. The Hall–Kier alpha value is -0.610. The van der Waals surface area contributed by atoms with Crippen molar-refractivity contribution in [3.63, 3.8) is 0 Å². The van der Waals surface area contributed by atoms with Crippen molar-refractivity contribution in [2.45, 2.75) is 70.0 Å². The lowest BCUT2D eigenvalue weighted by Crippen LogP contribution is -2.68. The van der Waals surface area contributed by atoms with Crippen LogP contribution in [0.3, 0.4) is 0 Å². The molecule has 2 rings (SSSR count). The topological polar surface area (TPSA) is 49.6 Å².